The summed E-state index contributed by atoms with van der Waals surface area (Å²) >= 11 is 9.94. The third-order valence-electron chi connectivity index (χ3n) is 4.15. The summed E-state index contributed by atoms with van der Waals surface area (Å²) in [6.07, 6.45) is 5.04. The molecule has 9 heteroatoms. The molecule has 0 aliphatic heterocycles. The fraction of sp³-hybridized carbons (Fsp3) is 0.0455. The number of hydrogen-bond donors (Lipinski definition) is 2. The van der Waals surface area contributed by atoms with Crippen molar-refractivity contribution in [2.75, 3.05) is 16.3 Å². The maximum atomic E-state index is 12.7. The molecule has 0 atom stereocenters. The minimum atomic E-state index is -3.85. The van der Waals surface area contributed by atoms with Crippen molar-refractivity contribution in [3.63, 3.8) is 0 Å². The van der Waals surface area contributed by atoms with Crippen molar-refractivity contribution in [3.8, 4) is 0 Å². The summed E-state index contributed by atoms with van der Waals surface area (Å²) in [7, 11) is -3.85. The molecule has 0 fully saturated rings. The molecule has 5 nitrogen and oxygen atoms in total. The number of sulfonamides is 1. The van der Waals surface area contributed by atoms with Crippen molar-refractivity contribution < 1.29 is 13.2 Å². The van der Waals surface area contributed by atoms with E-state index in [-0.39, 0.29) is 15.6 Å². The highest BCUT2D eigenvalue weighted by atomic mass is 127. The summed E-state index contributed by atoms with van der Waals surface area (Å²) in [4.78, 5) is 13.4. The molecule has 0 spiro atoms. The van der Waals surface area contributed by atoms with Crippen LogP contribution < -0.4 is 10.0 Å². The molecule has 3 aromatic rings. The Labute approximate surface area is 204 Å². The van der Waals surface area contributed by atoms with Crippen LogP contribution in [0.15, 0.2) is 82.6 Å². The van der Waals surface area contributed by atoms with Crippen LogP contribution in [0.2, 0.25) is 5.02 Å². The maximum Gasteiger partial charge on any atom is 0.261 e. The van der Waals surface area contributed by atoms with Crippen molar-refractivity contribution in [2.45, 2.75) is 9.79 Å². The third-order valence-corrected chi connectivity index (χ3v) is 7.32. The van der Waals surface area contributed by atoms with E-state index in [1.165, 1.54) is 24.3 Å². The van der Waals surface area contributed by atoms with Crippen LogP contribution in [0.25, 0.3) is 6.08 Å². The van der Waals surface area contributed by atoms with Crippen LogP contribution in [0.3, 0.4) is 0 Å². The van der Waals surface area contributed by atoms with Crippen molar-refractivity contribution in [1.82, 2.24) is 0 Å². The summed E-state index contributed by atoms with van der Waals surface area (Å²) in [6, 6.07) is 18.8. The van der Waals surface area contributed by atoms with Gasteiger partial charge in [0.05, 0.1) is 15.6 Å². The molecule has 1 amide bonds. The van der Waals surface area contributed by atoms with Gasteiger partial charge in [0.15, 0.2) is 0 Å². The fourth-order valence-electron chi connectivity index (χ4n) is 2.56. The first kappa shape index (κ1) is 23.6. The average molecular weight is 585 g/mol. The van der Waals surface area contributed by atoms with Gasteiger partial charge < -0.3 is 5.32 Å². The Morgan fingerprint density at radius 2 is 1.71 bits per heavy atom. The molecule has 2 N–H and O–H groups in total. The molecule has 3 rings (SSSR count). The predicted molar refractivity (Wildman–Crippen MR) is 137 cm³/mol. The van der Waals surface area contributed by atoms with Crippen molar-refractivity contribution in [2.24, 2.45) is 0 Å². The fourth-order valence-corrected chi connectivity index (χ4v) is 4.58. The summed E-state index contributed by atoms with van der Waals surface area (Å²) in [6.45, 7) is 0. The Bertz CT molecular complexity index is 1210. The van der Waals surface area contributed by atoms with Gasteiger partial charge in [0.2, 0.25) is 5.91 Å². The molecular weight excluding hydrogens is 567 g/mol. The van der Waals surface area contributed by atoms with E-state index < -0.39 is 15.9 Å². The quantitative estimate of drug-likeness (QED) is 0.199. The highest BCUT2D eigenvalue weighted by Gasteiger charge is 2.17. The van der Waals surface area contributed by atoms with E-state index in [9.17, 15) is 13.2 Å². The second-order valence-electron chi connectivity index (χ2n) is 6.35. The second-order valence-corrected chi connectivity index (χ2v) is 10.6. The molecule has 0 unspecified atom stereocenters. The van der Waals surface area contributed by atoms with E-state index in [0.29, 0.717) is 5.69 Å². The topological polar surface area (TPSA) is 75.3 Å². The van der Waals surface area contributed by atoms with E-state index in [0.717, 1.165) is 14.0 Å². The standard InChI is InChI=1S/C22H18ClIN2O3S2/c1-30-18-9-2-15(3-10-18)4-13-22(27)25-21-14-19(11-12-20(21)23)31(28,29)26-17-7-5-16(24)6-8-17/h2-14,26H,1H3,(H,25,27)/b13-4+. The molecule has 0 saturated carbocycles. The lowest BCUT2D eigenvalue weighted by molar-refractivity contribution is -0.111. The number of halogens is 2. The number of anilines is 2. The average Bonchev–Trinajstić information content (AvgIpc) is 2.75. The van der Waals surface area contributed by atoms with Crippen molar-refractivity contribution >= 4 is 79.3 Å². The Kier molecular flexibility index (Phi) is 8.04. The lowest BCUT2D eigenvalue weighted by atomic mass is 10.2. The lowest BCUT2D eigenvalue weighted by Gasteiger charge is -2.11. The number of thioether (sulfide) groups is 1. The number of amides is 1. The van der Waals surface area contributed by atoms with Gasteiger partial charge in [0.25, 0.3) is 10.0 Å². The van der Waals surface area contributed by atoms with Crippen LogP contribution >= 0.6 is 46.0 Å². The first-order chi connectivity index (χ1) is 14.8. The molecule has 0 bridgehead atoms. The molecule has 0 radical (unpaired) electrons. The Morgan fingerprint density at radius 1 is 1.03 bits per heavy atom. The molecule has 0 heterocycles. The van der Waals surface area contributed by atoms with Gasteiger partial charge in [-0.1, -0.05) is 23.7 Å². The maximum absolute atomic E-state index is 12.7. The monoisotopic (exact) mass is 584 g/mol. The van der Waals surface area contributed by atoms with Gasteiger partial charge in [-0.25, -0.2) is 8.42 Å². The van der Waals surface area contributed by atoms with E-state index >= 15 is 0 Å². The van der Waals surface area contributed by atoms with E-state index in [1.807, 2.05) is 30.5 Å². The van der Waals surface area contributed by atoms with Crippen molar-refractivity contribution in [3.05, 3.63) is 87.0 Å². The zero-order chi connectivity index (χ0) is 22.4. The summed E-state index contributed by atoms with van der Waals surface area (Å²) in [5.41, 5.74) is 1.52. The minimum absolute atomic E-state index is 0.0117. The second kappa shape index (κ2) is 10.5. The normalized spacial score (nSPS) is 11.5. The highest BCUT2D eigenvalue weighted by Crippen LogP contribution is 2.27. The number of carbonyl (C=O) groups excluding carboxylic acids is 1. The van der Waals surface area contributed by atoms with E-state index in [2.05, 4.69) is 32.6 Å². The van der Waals surface area contributed by atoms with Crippen LogP contribution in [0, 0.1) is 3.57 Å². The SMILES string of the molecule is CSc1ccc(/C=C/C(=O)Nc2cc(S(=O)(=O)Nc3ccc(I)cc3)ccc2Cl)cc1. The van der Waals surface area contributed by atoms with Crippen LogP contribution in [0.5, 0.6) is 0 Å². The molecule has 0 aliphatic rings. The van der Waals surface area contributed by atoms with Gasteiger partial charge >= 0.3 is 0 Å². The van der Waals surface area contributed by atoms with Crippen molar-refractivity contribution in [1.29, 1.82) is 0 Å². The first-order valence-corrected chi connectivity index (χ1v) is 13.1. The predicted octanol–water partition coefficient (Wildman–Crippen LogP) is 6.12. The van der Waals surface area contributed by atoms with Crippen LogP contribution in [-0.4, -0.2) is 20.6 Å². The Morgan fingerprint density at radius 3 is 2.35 bits per heavy atom. The van der Waals surface area contributed by atoms with Gasteiger partial charge in [0, 0.05) is 20.2 Å². The van der Waals surface area contributed by atoms with Crippen LogP contribution in [0.1, 0.15) is 5.56 Å². The zero-order valence-electron chi connectivity index (χ0n) is 16.3. The highest BCUT2D eigenvalue weighted by molar-refractivity contribution is 14.1. The lowest BCUT2D eigenvalue weighted by Crippen LogP contribution is -2.14. The summed E-state index contributed by atoms with van der Waals surface area (Å²) < 4.78 is 28.9. The molecule has 160 valence electrons. The number of rotatable bonds is 7. The van der Waals surface area contributed by atoms with Crippen LogP contribution in [-0.2, 0) is 14.8 Å². The smallest absolute Gasteiger partial charge is 0.261 e. The zero-order valence-corrected chi connectivity index (χ0v) is 20.8. The molecule has 3 aromatic carbocycles. The van der Waals surface area contributed by atoms with Gasteiger partial charge in [-0.05, 0) is 95.1 Å². The minimum Gasteiger partial charge on any atom is -0.321 e. The molecular formula is C22H18ClIN2O3S2. The largest absolute Gasteiger partial charge is 0.321 e. The molecule has 0 aromatic heterocycles. The molecule has 31 heavy (non-hydrogen) atoms. The summed E-state index contributed by atoms with van der Waals surface area (Å²) in [5.74, 6) is -0.420. The third kappa shape index (κ3) is 6.73. The number of nitrogens with one attached hydrogen (secondary N) is 2. The van der Waals surface area contributed by atoms with Gasteiger partial charge in [-0.2, -0.15) is 0 Å². The van der Waals surface area contributed by atoms with Gasteiger partial charge in [-0.15, -0.1) is 11.8 Å². The van der Waals surface area contributed by atoms with E-state index in [4.69, 9.17) is 11.6 Å². The first-order valence-electron chi connectivity index (χ1n) is 8.98. The van der Waals surface area contributed by atoms with Gasteiger partial charge in [0.1, 0.15) is 0 Å². The molecule has 0 saturated heterocycles. The number of benzene rings is 3. The number of hydrogen-bond acceptors (Lipinski definition) is 4. The molecule has 0 aliphatic carbocycles. The van der Waals surface area contributed by atoms with E-state index in [1.54, 1.807) is 42.1 Å². The summed E-state index contributed by atoms with van der Waals surface area (Å²) in [5, 5.41) is 2.87. The van der Waals surface area contributed by atoms with Gasteiger partial charge in [-0.3, -0.25) is 9.52 Å². The Hall–Kier alpha value is -2.01. The number of carbonyl (C=O) groups is 1. The van der Waals surface area contributed by atoms with Crippen LogP contribution in [0.4, 0.5) is 11.4 Å². The Balaban J connectivity index is 1.74.